The predicted octanol–water partition coefficient (Wildman–Crippen LogP) is 2.08. The lowest BCUT2D eigenvalue weighted by molar-refractivity contribution is 0.0200. The maximum absolute atomic E-state index is 12.3. The van der Waals surface area contributed by atoms with Gasteiger partial charge in [-0.2, -0.15) is 0 Å². The monoisotopic (exact) mass is 318 g/mol. The minimum Gasteiger partial charge on any atom is -0.398 e. The summed E-state index contributed by atoms with van der Waals surface area (Å²) in [5.41, 5.74) is 6.91. The summed E-state index contributed by atoms with van der Waals surface area (Å²) in [5.74, 6) is 0. The predicted molar refractivity (Wildman–Crippen MR) is 79.4 cm³/mol. The zero-order valence-corrected chi connectivity index (χ0v) is 12.9. The molecule has 1 heterocycles. The van der Waals surface area contributed by atoms with Gasteiger partial charge in [0.25, 0.3) is 0 Å². The average molecular weight is 319 g/mol. The zero-order chi connectivity index (χ0) is 14.8. The minimum atomic E-state index is -3.67. The average Bonchev–Trinajstić information content (AvgIpc) is 2.42. The highest BCUT2D eigenvalue weighted by Gasteiger charge is 2.22. The van der Waals surface area contributed by atoms with Gasteiger partial charge in [0, 0.05) is 18.8 Å². The van der Waals surface area contributed by atoms with Gasteiger partial charge in [-0.05, 0) is 43.9 Å². The van der Waals surface area contributed by atoms with E-state index >= 15 is 0 Å². The first kappa shape index (κ1) is 15.6. The summed E-state index contributed by atoms with van der Waals surface area (Å²) in [5, 5.41) is 0.175. The number of benzene rings is 1. The Morgan fingerprint density at radius 2 is 2.20 bits per heavy atom. The molecule has 0 saturated carbocycles. The molecule has 1 aromatic carbocycles. The van der Waals surface area contributed by atoms with Gasteiger partial charge in [0.2, 0.25) is 10.0 Å². The first-order chi connectivity index (χ1) is 9.40. The lowest BCUT2D eigenvalue weighted by Crippen LogP contribution is -2.35. The number of aryl methyl sites for hydroxylation is 1. The molecule has 7 heteroatoms. The van der Waals surface area contributed by atoms with Crippen molar-refractivity contribution in [3.8, 4) is 0 Å². The number of hydrogen-bond acceptors (Lipinski definition) is 4. The molecule has 0 amide bonds. The Morgan fingerprint density at radius 1 is 1.45 bits per heavy atom. The zero-order valence-electron chi connectivity index (χ0n) is 11.4. The number of ether oxygens (including phenoxy) is 1. The smallest absolute Gasteiger partial charge is 0.242 e. The van der Waals surface area contributed by atoms with Crippen molar-refractivity contribution in [3.05, 3.63) is 22.7 Å². The molecule has 0 aromatic heterocycles. The molecule has 20 heavy (non-hydrogen) atoms. The largest absolute Gasteiger partial charge is 0.398 e. The van der Waals surface area contributed by atoms with Crippen LogP contribution in [0.15, 0.2) is 17.0 Å². The van der Waals surface area contributed by atoms with E-state index in [0.717, 1.165) is 24.8 Å². The van der Waals surface area contributed by atoms with Gasteiger partial charge in [0.05, 0.1) is 11.1 Å². The minimum absolute atomic E-state index is 0.0121. The summed E-state index contributed by atoms with van der Waals surface area (Å²) in [6.45, 7) is 2.72. The number of nitrogens with one attached hydrogen (secondary N) is 1. The number of anilines is 1. The number of rotatable bonds is 4. The summed E-state index contributed by atoms with van der Waals surface area (Å²) in [4.78, 5) is 0.0121. The van der Waals surface area contributed by atoms with Gasteiger partial charge in [-0.15, -0.1) is 0 Å². The van der Waals surface area contributed by atoms with E-state index in [0.29, 0.717) is 12.3 Å². The first-order valence-electron chi connectivity index (χ1n) is 6.57. The van der Waals surface area contributed by atoms with Crippen LogP contribution in [0.25, 0.3) is 0 Å². The van der Waals surface area contributed by atoms with Gasteiger partial charge in [-0.3, -0.25) is 0 Å². The molecule has 3 N–H and O–H groups in total. The van der Waals surface area contributed by atoms with Crippen LogP contribution in [0.1, 0.15) is 24.8 Å². The molecular weight excluding hydrogens is 300 g/mol. The Kier molecular flexibility index (Phi) is 4.90. The molecule has 1 unspecified atom stereocenters. The molecule has 0 spiro atoms. The third kappa shape index (κ3) is 3.63. The molecule has 1 atom stereocenters. The molecule has 1 aromatic rings. The van der Waals surface area contributed by atoms with Crippen LogP contribution in [-0.4, -0.2) is 27.7 Å². The van der Waals surface area contributed by atoms with Crippen molar-refractivity contribution in [2.24, 2.45) is 0 Å². The Bertz CT molecular complexity index is 584. The van der Waals surface area contributed by atoms with Crippen LogP contribution in [-0.2, 0) is 14.8 Å². The van der Waals surface area contributed by atoms with Crippen LogP contribution < -0.4 is 10.5 Å². The molecule has 1 saturated heterocycles. The molecular formula is C13H19ClN2O3S. The molecule has 0 aliphatic carbocycles. The summed E-state index contributed by atoms with van der Waals surface area (Å²) in [7, 11) is -3.67. The summed E-state index contributed by atoms with van der Waals surface area (Å²) < 4.78 is 32.5. The summed E-state index contributed by atoms with van der Waals surface area (Å²) in [6, 6.07) is 2.95. The summed E-state index contributed by atoms with van der Waals surface area (Å²) in [6.07, 6.45) is 2.89. The topological polar surface area (TPSA) is 81.4 Å². The van der Waals surface area contributed by atoms with E-state index in [1.54, 1.807) is 13.0 Å². The normalized spacial score (nSPS) is 20.0. The van der Waals surface area contributed by atoms with Crippen LogP contribution in [0.4, 0.5) is 5.69 Å². The fourth-order valence-corrected chi connectivity index (χ4v) is 3.80. The third-order valence-corrected chi connectivity index (χ3v) is 5.27. The lowest BCUT2D eigenvalue weighted by atomic mass is 10.1. The number of sulfonamides is 1. The highest BCUT2D eigenvalue weighted by Crippen LogP contribution is 2.26. The maximum atomic E-state index is 12.3. The van der Waals surface area contributed by atoms with E-state index in [1.807, 2.05) is 0 Å². The van der Waals surface area contributed by atoms with Crippen molar-refractivity contribution >= 4 is 27.3 Å². The van der Waals surface area contributed by atoms with Gasteiger partial charge in [0.15, 0.2) is 0 Å². The Balaban J connectivity index is 2.11. The van der Waals surface area contributed by atoms with Crippen LogP contribution in [0.2, 0.25) is 5.02 Å². The first-order valence-corrected chi connectivity index (χ1v) is 8.43. The van der Waals surface area contributed by atoms with Gasteiger partial charge in [-0.1, -0.05) is 11.6 Å². The SMILES string of the molecule is Cc1cc(Cl)c(S(=O)(=O)NCC2CCCCO2)cc1N. The van der Waals surface area contributed by atoms with Crippen LogP contribution in [0, 0.1) is 6.92 Å². The van der Waals surface area contributed by atoms with Crippen molar-refractivity contribution < 1.29 is 13.2 Å². The van der Waals surface area contributed by atoms with E-state index < -0.39 is 10.0 Å². The van der Waals surface area contributed by atoms with E-state index in [1.165, 1.54) is 6.07 Å². The highest BCUT2D eigenvalue weighted by atomic mass is 35.5. The second-order valence-corrected chi connectivity index (χ2v) is 7.12. The van der Waals surface area contributed by atoms with Crippen molar-refractivity contribution in [3.63, 3.8) is 0 Å². The molecule has 112 valence electrons. The van der Waals surface area contributed by atoms with Crippen molar-refractivity contribution in [1.82, 2.24) is 4.72 Å². The molecule has 1 fully saturated rings. The lowest BCUT2D eigenvalue weighted by Gasteiger charge is -2.22. The molecule has 5 nitrogen and oxygen atoms in total. The van der Waals surface area contributed by atoms with E-state index in [9.17, 15) is 8.42 Å². The van der Waals surface area contributed by atoms with Gasteiger partial charge in [0.1, 0.15) is 4.90 Å². The summed E-state index contributed by atoms with van der Waals surface area (Å²) >= 11 is 6.00. The van der Waals surface area contributed by atoms with Crippen LogP contribution in [0.5, 0.6) is 0 Å². The number of halogens is 1. The maximum Gasteiger partial charge on any atom is 0.242 e. The van der Waals surface area contributed by atoms with Crippen LogP contribution >= 0.6 is 11.6 Å². The van der Waals surface area contributed by atoms with Crippen molar-refractivity contribution in [2.75, 3.05) is 18.9 Å². The van der Waals surface area contributed by atoms with Gasteiger partial charge >= 0.3 is 0 Å². The molecule has 1 aliphatic rings. The van der Waals surface area contributed by atoms with Crippen LogP contribution in [0.3, 0.4) is 0 Å². The third-order valence-electron chi connectivity index (χ3n) is 3.39. The second kappa shape index (κ2) is 6.30. The van der Waals surface area contributed by atoms with E-state index in [2.05, 4.69) is 4.72 Å². The van der Waals surface area contributed by atoms with Crippen molar-refractivity contribution in [1.29, 1.82) is 0 Å². The van der Waals surface area contributed by atoms with Gasteiger partial charge < -0.3 is 10.5 Å². The second-order valence-electron chi connectivity index (χ2n) is 4.98. The van der Waals surface area contributed by atoms with E-state index in [4.69, 9.17) is 22.1 Å². The standard InChI is InChI=1S/C13H19ClN2O3S/c1-9-6-11(14)13(7-12(9)15)20(17,18)16-8-10-4-2-3-5-19-10/h6-7,10,16H,2-5,8,15H2,1H3. The quantitative estimate of drug-likeness (QED) is 0.833. The Morgan fingerprint density at radius 3 is 2.85 bits per heavy atom. The number of nitrogen functional groups attached to an aromatic ring is 1. The fourth-order valence-electron chi connectivity index (χ4n) is 2.12. The number of nitrogens with two attached hydrogens (primary N) is 1. The van der Waals surface area contributed by atoms with E-state index in [-0.39, 0.29) is 22.6 Å². The molecule has 0 bridgehead atoms. The molecule has 1 aliphatic heterocycles. The Labute approximate surface area is 124 Å². The van der Waals surface area contributed by atoms with Crippen molar-refractivity contribution in [2.45, 2.75) is 37.2 Å². The molecule has 0 radical (unpaired) electrons. The number of hydrogen-bond donors (Lipinski definition) is 2. The Hall–Kier alpha value is -0.820. The van der Waals surface area contributed by atoms with Gasteiger partial charge in [-0.25, -0.2) is 13.1 Å². The highest BCUT2D eigenvalue weighted by molar-refractivity contribution is 7.89. The fraction of sp³-hybridized carbons (Fsp3) is 0.538. The molecule has 2 rings (SSSR count).